The van der Waals surface area contributed by atoms with Crippen molar-refractivity contribution in [2.75, 3.05) is 7.11 Å². The topological polar surface area (TPSA) is 57.9 Å². The molecule has 1 heterocycles. The minimum atomic E-state index is -4.78. The van der Waals surface area contributed by atoms with Crippen LogP contribution in [-0.2, 0) is 6.61 Å². The van der Waals surface area contributed by atoms with Crippen LogP contribution in [0.1, 0.15) is 22.8 Å². The number of ether oxygens (including phenoxy) is 3. The maximum absolute atomic E-state index is 12.4. The van der Waals surface area contributed by atoms with Gasteiger partial charge < -0.3 is 18.6 Å². The fraction of sp³-hybridized carbons (Fsp3) is 0.211. The largest absolute Gasteiger partial charge is 0.573 e. The quantitative estimate of drug-likeness (QED) is 0.556. The monoisotopic (exact) mass is 380 g/mol. The highest BCUT2D eigenvalue weighted by molar-refractivity contribution is 6.04. The maximum atomic E-state index is 12.4. The van der Waals surface area contributed by atoms with Crippen LogP contribution in [0.5, 0.6) is 17.2 Å². The van der Waals surface area contributed by atoms with Crippen molar-refractivity contribution >= 4 is 16.8 Å². The van der Waals surface area contributed by atoms with E-state index < -0.39 is 6.36 Å². The van der Waals surface area contributed by atoms with Crippen LogP contribution in [0.2, 0.25) is 0 Å². The van der Waals surface area contributed by atoms with Gasteiger partial charge >= 0.3 is 6.36 Å². The number of benzene rings is 2. The zero-order valence-electron chi connectivity index (χ0n) is 14.4. The third-order valence-corrected chi connectivity index (χ3v) is 3.77. The molecular formula is C19H15F3O5. The summed E-state index contributed by atoms with van der Waals surface area (Å²) in [6.45, 7) is 1.31. The predicted octanol–water partition coefficient (Wildman–Crippen LogP) is 5.12. The molecule has 8 heteroatoms. The number of halogens is 3. The summed E-state index contributed by atoms with van der Waals surface area (Å²) in [5.74, 6) is 0.0569. The molecule has 0 atom stereocenters. The first-order valence-electron chi connectivity index (χ1n) is 7.85. The molecule has 0 saturated heterocycles. The van der Waals surface area contributed by atoms with Crippen LogP contribution in [0.15, 0.2) is 47.1 Å². The number of carbonyl (C=O) groups is 1. The van der Waals surface area contributed by atoms with Crippen LogP contribution < -0.4 is 14.2 Å². The van der Waals surface area contributed by atoms with Crippen molar-refractivity contribution in [1.82, 2.24) is 0 Å². The molecule has 0 unspecified atom stereocenters. The molecule has 0 saturated carbocycles. The first kappa shape index (κ1) is 18.6. The van der Waals surface area contributed by atoms with Gasteiger partial charge in [-0.3, -0.25) is 4.79 Å². The SMILES string of the molecule is COc1cc(C(C)=O)c(OCc2cccc(OC(F)(F)F)c2)c2ccoc12. The predicted molar refractivity (Wildman–Crippen MR) is 90.2 cm³/mol. The van der Waals surface area contributed by atoms with Gasteiger partial charge in [0, 0.05) is 0 Å². The Morgan fingerprint density at radius 3 is 2.63 bits per heavy atom. The fourth-order valence-corrected chi connectivity index (χ4v) is 2.64. The summed E-state index contributed by atoms with van der Waals surface area (Å²) in [6, 6.07) is 8.56. The Hall–Kier alpha value is -3.16. The van der Waals surface area contributed by atoms with Gasteiger partial charge in [0.05, 0.1) is 24.3 Å². The van der Waals surface area contributed by atoms with E-state index in [9.17, 15) is 18.0 Å². The maximum Gasteiger partial charge on any atom is 0.573 e. The van der Waals surface area contributed by atoms with Crippen LogP contribution >= 0.6 is 0 Å². The van der Waals surface area contributed by atoms with Gasteiger partial charge in [-0.25, -0.2) is 0 Å². The number of hydrogen-bond acceptors (Lipinski definition) is 5. The first-order valence-corrected chi connectivity index (χ1v) is 7.85. The van der Waals surface area contributed by atoms with Crippen molar-refractivity contribution in [3.63, 3.8) is 0 Å². The average molecular weight is 380 g/mol. The van der Waals surface area contributed by atoms with E-state index in [-0.39, 0.29) is 29.5 Å². The van der Waals surface area contributed by atoms with Crippen LogP contribution in [0.3, 0.4) is 0 Å². The molecule has 3 rings (SSSR count). The molecule has 5 nitrogen and oxygen atoms in total. The third-order valence-electron chi connectivity index (χ3n) is 3.77. The van der Waals surface area contributed by atoms with Gasteiger partial charge in [-0.1, -0.05) is 12.1 Å². The van der Waals surface area contributed by atoms with Crippen molar-refractivity contribution in [2.45, 2.75) is 19.9 Å². The van der Waals surface area contributed by atoms with E-state index in [1.54, 1.807) is 12.1 Å². The molecule has 0 bridgehead atoms. The third kappa shape index (κ3) is 4.16. The number of rotatable bonds is 6. The molecular weight excluding hydrogens is 365 g/mol. The second kappa shape index (κ2) is 7.22. The highest BCUT2D eigenvalue weighted by Gasteiger charge is 2.31. The lowest BCUT2D eigenvalue weighted by atomic mass is 10.1. The minimum Gasteiger partial charge on any atom is -0.493 e. The summed E-state index contributed by atoms with van der Waals surface area (Å²) in [7, 11) is 1.45. The average Bonchev–Trinajstić information content (AvgIpc) is 3.07. The van der Waals surface area contributed by atoms with Crippen molar-refractivity contribution in [3.05, 3.63) is 53.8 Å². The molecule has 1 aromatic heterocycles. The molecule has 0 radical (unpaired) electrons. The van der Waals surface area contributed by atoms with Crippen molar-refractivity contribution in [3.8, 4) is 17.2 Å². The Bertz CT molecular complexity index is 975. The van der Waals surface area contributed by atoms with Crippen LogP contribution in [0.25, 0.3) is 11.0 Å². The molecule has 0 aliphatic carbocycles. The summed E-state index contributed by atoms with van der Waals surface area (Å²) in [5, 5.41) is 0.530. The molecule has 3 aromatic rings. The standard InChI is InChI=1S/C19H15F3O5/c1-11(23)15-9-16(24-2)18-14(6-7-25-18)17(15)26-10-12-4-3-5-13(8-12)27-19(20,21)22/h3-9H,10H2,1-2H3. The van der Waals surface area contributed by atoms with Gasteiger partial charge in [-0.2, -0.15) is 0 Å². The molecule has 27 heavy (non-hydrogen) atoms. The second-order valence-electron chi connectivity index (χ2n) is 5.66. The molecule has 0 amide bonds. The number of furan rings is 1. The van der Waals surface area contributed by atoms with Crippen LogP contribution in [-0.4, -0.2) is 19.3 Å². The highest BCUT2D eigenvalue weighted by Crippen LogP contribution is 2.38. The zero-order valence-corrected chi connectivity index (χ0v) is 14.4. The van der Waals surface area contributed by atoms with Gasteiger partial charge in [-0.05, 0) is 36.8 Å². The number of ketones is 1. The van der Waals surface area contributed by atoms with E-state index in [4.69, 9.17) is 13.9 Å². The lowest BCUT2D eigenvalue weighted by Gasteiger charge is -2.14. The number of hydrogen-bond donors (Lipinski definition) is 0. The lowest BCUT2D eigenvalue weighted by molar-refractivity contribution is -0.274. The van der Waals surface area contributed by atoms with E-state index in [1.165, 1.54) is 44.6 Å². The molecule has 0 N–H and O–H groups in total. The number of carbonyl (C=O) groups excluding carboxylic acids is 1. The normalized spacial score (nSPS) is 11.4. The van der Waals surface area contributed by atoms with Gasteiger partial charge in [0.2, 0.25) is 0 Å². The molecule has 0 fully saturated rings. The Balaban J connectivity index is 1.91. The van der Waals surface area contributed by atoms with Crippen molar-refractivity contribution < 1.29 is 36.6 Å². The number of alkyl halides is 3. The van der Waals surface area contributed by atoms with E-state index in [2.05, 4.69) is 4.74 Å². The van der Waals surface area contributed by atoms with Crippen LogP contribution in [0, 0.1) is 0 Å². The first-order chi connectivity index (χ1) is 12.8. The van der Waals surface area contributed by atoms with Gasteiger partial charge in [0.1, 0.15) is 18.1 Å². The Kier molecular flexibility index (Phi) is 4.98. The Morgan fingerprint density at radius 2 is 1.96 bits per heavy atom. The Labute approximate surface area is 152 Å². The van der Waals surface area contributed by atoms with Gasteiger partial charge in [0.15, 0.2) is 17.1 Å². The second-order valence-corrected chi connectivity index (χ2v) is 5.66. The van der Waals surface area contributed by atoms with E-state index >= 15 is 0 Å². The molecule has 142 valence electrons. The van der Waals surface area contributed by atoms with E-state index in [0.717, 1.165) is 0 Å². The summed E-state index contributed by atoms with van der Waals surface area (Å²) in [6.07, 6.45) is -3.35. The number of Topliss-reactive ketones (excluding diaryl/α,β-unsaturated/α-hetero) is 1. The minimum absolute atomic E-state index is 0.0675. The number of fused-ring (bicyclic) bond motifs is 1. The fourth-order valence-electron chi connectivity index (χ4n) is 2.64. The molecule has 0 aliphatic heterocycles. The van der Waals surface area contributed by atoms with Crippen molar-refractivity contribution in [1.29, 1.82) is 0 Å². The zero-order chi connectivity index (χ0) is 19.6. The summed E-state index contributed by atoms with van der Waals surface area (Å²) < 4.78 is 57.4. The lowest BCUT2D eigenvalue weighted by Crippen LogP contribution is -2.17. The van der Waals surface area contributed by atoms with Crippen molar-refractivity contribution in [2.24, 2.45) is 0 Å². The van der Waals surface area contributed by atoms with E-state index in [0.29, 0.717) is 22.3 Å². The molecule has 2 aromatic carbocycles. The van der Waals surface area contributed by atoms with Gasteiger partial charge in [-0.15, -0.1) is 13.2 Å². The smallest absolute Gasteiger partial charge is 0.493 e. The van der Waals surface area contributed by atoms with Crippen LogP contribution in [0.4, 0.5) is 13.2 Å². The summed E-state index contributed by atoms with van der Waals surface area (Å²) in [5.41, 5.74) is 1.13. The number of methoxy groups -OCH3 is 1. The molecule has 0 spiro atoms. The molecule has 0 aliphatic rings. The highest BCUT2D eigenvalue weighted by atomic mass is 19.4. The summed E-state index contributed by atoms with van der Waals surface area (Å²) in [4.78, 5) is 12.0. The Morgan fingerprint density at radius 1 is 1.19 bits per heavy atom. The summed E-state index contributed by atoms with van der Waals surface area (Å²) >= 11 is 0. The van der Waals surface area contributed by atoms with Gasteiger partial charge in [0.25, 0.3) is 0 Å². The van der Waals surface area contributed by atoms with E-state index in [1.807, 2.05) is 0 Å².